The molecule has 6 nitrogen and oxygen atoms in total. The van der Waals surface area contributed by atoms with Crippen molar-refractivity contribution in [3.63, 3.8) is 0 Å². The van der Waals surface area contributed by atoms with Crippen LogP contribution in [0.4, 0.5) is 0 Å². The summed E-state index contributed by atoms with van der Waals surface area (Å²) >= 11 is 11.5. The molecule has 1 atom stereocenters. The van der Waals surface area contributed by atoms with Gasteiger partial charge in [-0.1, -0.05) is 23.2 Å². The molecule has 0 bridgehead atoms. The molecule has 0 saturated carbocycles. The number of benzene rings is 2. The second-order valence-electron chi connectivity index (χ2n) is 5.72. The zero-order valence-electron chi connectivity index (χ0n) is 14.6. The number of Topliss-reactive ketones (excluding diaryl/α,β-unsaturated/α-hetero) is 1. The third-order valence-electron chi connectivity index (χ3n) is 3.68. The van der Waals surface area contributed by atoms with Gasteiger partial charge in [0, 0.05) is 22.7 Å². The molecule has 2 rings (SSSR count). The molecule has 144 valence electrons. The van der Waals surface area contributed by atoms with Crippen molar-refractivity contribution in [1.29, 1.82) is 0 Å². The molecule has 0 N–H and O–H groups in total. The number of likely N-dealkylation sites (N-methyl/N-ethyl adjacent to an activating group) is 1. The summed E-state index contributed by atoms with van der Waals surface area (Å²) < 4.78 is 30.8. The first kappa shape index (κ1) is 21.4. The van der Waals surface area contributed by atoms with Gasteiger partial charge in [-0.3, -0.25) is 9.59 Å². The summed E-state index contributed by atoms with van der Waals surface area (Å²) in [6, 6.07) is 11.7. The molecule has 0 aliphatic carbocycles. The Morgan fingerprint density at radius 3 is 2.00 bits per heavy atom. The average Bonchev–Trinajstić information content (AvgIpc) is 2.61. The lowest BCUT2D eigenvalue weighted by Gasteiger charge is -2.18. The summed E-state index contributed by atoms with van der Waals surface area (Å²) in [6.07, 6.45) is -1.06. The standard InChI is InChI=1S/C18H17Cl2NO5S/c1-12(18(23)13-3-5-14(19)6-4-13)26-17(22)11-21(2)27(24,25)16-9-7-15(20)8-10-16/h3-10,12H,11H2,1-2H3. The van der Waals surface area contributed by atoms with Gasteiger partial charge in [-0.05, 0) is 55.5 Å². The fourth-order valence-corrected chi connectivity index (χ4v) is 3.56. The van der Waals surface area contributed by atoms with Gasteiger partial charge in [0.15, 0.2) is 6.10 Å². The quantitative estimate of drug-likeness (QED) is 0.497. The fourth-order valence-electron chi connectivity index (χ4n) is 2.19. The molecule has 0 aliphatic heterocycles. The van der Waals surface area contributed by atoms with E-state index in [0.717, 1.165) is 4.31 Å². The Kier molecular flexibility index (Phi) is 7.00. The van der Waals surface area contributed by atoms with Crippen LogP contribution < -0.4 is 0 Å². The van der Waals surface area contributed by atoms with Crippen LogP contribution in [0.25, 0.3) is 0 Å². The van der Waals surface area contributed by atoms with Gasteiger partial charge in [0.1, 0.15) is 6.54 Å². The minimum atomic E-state index is -3.89. The van der Waals surface area contributed by atoms with Crippen molar-refractivity contribution in [2.24, 2.45) is 0 Å². The van der Waals surface area contributed by atoms with Gasteiger partial charge in [0.2, 0.25) is 15.8 Å². The highest BCUT2D eigenvalue weighted by atomic mass is 35.5. The van der Waals surface area contributed by atoms with E-state index in [4.69, 9.17) is 27.9 Å². The number of hydrogen-bond donors (Lipinski definition) is 0. The Morgan fingerprint density at radius 2 is 1.48 bits per heavy atom. The number of halogens is 2. The fraction of sp³-hybridized carbons (Fsp3) is 0.222. The van der Waals surface area contributed by atoms with E-state index in [0.29, 0.717) is 15.6 Å². The van der Waals surface area contributed by atoms with E-state index in [1.807, 2.05) is 0 Å². The van der Waals surface area contributed by atoms with Crippen LogP contribution in [0.2, 0.25) is 10.0 Å². The van der Waals surface area contributed by atoms with Crippen LogP contribution in [0.15, 0.2) is 53.4 Å². The number of rotatable bonds is 7. The first-order valence-corrected chi connectivity index (χ1v) is 10.0. The summed E-state index contributed by atoms with van der Waals surface area (Å²) in [5.41, 5.74) is 0.335. The van der Waals surface area contributed by atoms with Crippen LogP contribution >= 0.6 is 23.2 Å². The minimum Gasteiger partial charge on any atom is -0.453 e. The Balaban J connectivity index is 2.00. The molecule has 0 heterocycles. The van der Waals surface area contributed by atoms with Crippen LogP contribution in [0.1, 0.15) is 17.3 Å². The topological polar surface area (TPSA) is 80.8 Å². The molecular formula is C18H17Cl2NO5S. The van der Waals surface area contributed by atoms with E-state index in [1.165, 1.54) is 50.4 Å². The summed E-state index contributed by atoms with van der Waals surface area (Å²) in [4.78, 5) is 24.3. The lowest BCUT2D eigenvalue weighted by Crippen LogP contribution is -2.35. The predicted octanol–water partition coefficient (Wildman–Crippen LogP) is 3.43. The van der Waals surface area contributed by atoms with Crippen LogP contribution in [0.5, 0.6) is 0 Å². The van der Waals surface area contributed by atoms with E-state index in [9.17, 15) is 18.0 Å². The zero-order chi connectivity index (χ0) is 20.2. The third-order valence-corrected chi connectivity index (χ3v) is 6.00. The Labute approximate surface area is 167 Å². The van der Waals surface area contributed by atoms with Crippen LogP contribution in [-0.4, -0.2) is 44.2 Å². The summed E-state index contributed by atoms with van der Waals surface area (Å²) in [5.74, 6) is -1.26. The molecule has 2 aromatic rings. The lowest BCUT2D eigenvalue weighted by molar-refractivity contribution is -0.146. The molecule has 0 spiro atoms. The molecule has 0 radical (unpaired) electrons. The van der Waals surface area contributed by atoms with Crippen molar-refractivity contribution in [1.82, 2.24) is 4.31 Å². The maximum Gasteiger partial charge on any atom is 0.322 e. The number of ketones is 1. The second-order valence-corrected chi connectivity index (χ2v) is 8.64. The second kappa shape index (κ2) is 8.84. The minimum absolute atomic E-state index is 0.00695. The molecular weight excluding hydrogens is 413 g/mol. The Morgan fingerprint density at radius 1 is 1.00 bits per heavy atom. The SMILES string of the molecule is CC(OC(=O)CN(C)S(=O)(=O)c1ccc(Cl)cc1)C(=O)c1ccc(Cl)cc1. The number of sulfonamides is 1. The van der Waals surface area contributed by atoms with Gasteiger partial charge in [-0.25, -0.2) is 8.42 Å². The van der Waals surface area contributed by atoms with Gasteiger partial charge < -0.3 is 4.74 Å². The number of hydrogen-bond acceptors (Lipinski definition) is 5. The molecule has 9 heteroatoms. The normalized spacial score (nSPS) is 12.6. The summed E-state index contributed by atoms with van der Waals surface area (Å²) in [5, 5.41) is 0.871. The van der Waals surface area contributed by atoms with E-state index < -0.39 is 34.4 Å². The maximum absolute atomic E-state index is 12.4. The highest BCUT2D eigenvalue weighted by Crippen LogP contribution is 2.18. The van der Waals surface area contributed by atoms with Crippen LogP contribution in [0, 0.1) is 0 Å². The highest BCUT2D eigenvalue weighted by Gasteiger charge is 2.26. The van der Waals surface area contributed by atoms with Crippen molar-refractivity contribution >= 4 is 45.0 Å². The van der Waals surface area contributed by atoms with Crippen molar-refractivity contribution in [2.45, 2.75) is 17.9 Å². The number of carbonyl (C=O) groups is 2. The average molecular weight is 430 g/mol. The molecule has 0 aromatic heterocycles. The van der Waals surface area contributed by atoms with Gasteiger partial charge in [-0.15, -0.1) is 0 Å². The molecule has 0 saturated heterocycles. The summed E-state index contributed by atoms with van der Waals surface area (Å²) in [7, 11) is -2.64. The van der Waals surface area contributed by atoms with Crippen molar-refractivity contribution in [2.75, 3.05) is 13.6 Å². The molecule has 0 fully saturated rings. The first-order chi connectivity index (χ1) is 12.6. The van der Waals surface area contributed by atoms with E-state index in [-0.39, 0.29) is 4.90 Å². The molecule has 2 aromatic carbocycles. The summed E-state index contributed by atoms with van der Waals surface area (Å²) in [6.45, 7) is 0.881. The van der Waals surface area contributed by atoms with E-state index in [2.05, 4.69) is 0 Å². The van der Waals surface area contributed by atoms with Gasteiger partial charge in [0.05, 0.1) is 4.90 Å². The zero-order valence-corrected chi connectivity index (χ0v) is 16.9. The number of ether oxygens (including phenoxy) is 1. The Hall–Kier alpha value is -1.93. The first-order valence-electron chi connectivity index (χ1n) is 7.82. The maximum atomic E-state index is 12.4. The predicted molar refractivity (Wildman–Crippen MR) is 103 cm³/mol. The van der Waals surface area contributed by atoms with Crippen LogP contribution in [0.3, 0.4) is 0 Å². The molecule has 1 unspecified atom stereocenters. The number of esters is 1. The largest absolute Gasteiger partial charge is 0.453 e. The molecule has 0 aliphatic rings. The van der Waals surface area contributed by atoms with Crippen molar-refractivity contribution in [3.05, 3.63) is 64.1 Å². The molecule has 27 heavy (non-hydrogen) atoms. The third kappa shape index (κ3) is 5.52. The monoisotopic (exact) mass is 429 g/mol. The van der Waals surface area contributed by atoms with Crippen molar-refractivity contribution in [3.8, 4) is 0 Å². The van der Waals surface area contributed by atoms with E-state index in [1.54, 1.807) is 12.1 Å². The van der Waals surface area contributed by atoms with Gasteiger partial charge >= 0.3 is 5.97 Å². The lowest BCUT2D eigenvalue weighted by atomic mass is 10.1. The van der Waals surface area contributed by atoms with Gasteiger partial charge in [-0.2, -0.15) is 4.31 Å². The number of carbonyl (C=O) groups excluding carboxylic acids is 2. The van der Waals surface area contributed by atoms with Gasteiger partial charge in [0.25, 0.3) is 0 Å². The smallest absolute Gasteiger partial charge is 0.322 e. The van der Waals surface area contributed by atoms with Crippen molar-refractivity contribution < 1.29 is 22.7 Å². The molecule has 0 amide bonds. The van der Waals surface area contributed by atoms with E-state index >= 15 is 0 Å². The number of nitrogens with zero attached hydrogens (tertiary/aromatic N) is 1. The Bertz CT molecular complexity index is 927. The highest BCUT2D eigenvalue weighted by molar-refractivity contribution is 7.89. The van der Waals surface area contributed by atoms with Crippen LogP contribution in [-0.2, 0) is 19.6 Å².